The maximum Gasteiger partial charge on any atom is 0.176 e. The molecule has 0 atom stereocenters. The van der Waals surface area contributed by atoms with Gasteiger partial charge in [0.1, 0.15) is 5.82 Å². The molecule has 0 aliphatic carbocycles. The van der Waals surface area contributed by atoms with Crippen LogP contribution in [0.3, 0.4) is 0 Å². The molecule has 3 aromatic rings. The second kappa shape index (κ2) is 7.82. The number of halogens is 3. The van der Waals surface area contributed by atoms with Gasteiger partial charge < -0.3 is 10.6 Å². The summed E-state index contributed by atoms with van der Waals surface area (Å²) in [6, 6.07) is 13.3. The first kappa shape index (κ1) is 17.7. The third-order valence-electron chi connectivity index (χ3n) is 3.29. The zero-order valence-corrected chi connectivity index (χ0v) is 15.2. The Bertz CT molecular complexity index is 913. The summed E-state index contributed by atoms with van der Waals surface area (Å²) in [6.07, 6.45) is 1.82. The Labute approximate surface area is 159 Å². The van der Waals surface area contributed by atoms with Crippen molar-refractivity contribution in [3.63, 3.8) is 0 Å². The molecule has 0 amide bonds. The van der Waals surface area contributed by atoms with Crippen molar-refractivity contribution in [3.8, 4) is 0 Å². The van der Waals surface area contributed by atoms with Gasteiger partial charge in [-0.15, -0.1) is 0 Å². The van der Waals surface area contributed by atoms with E-state index in [0.29, 0.717) is 33.2 Å². The minimum absolute atomic E-state index is 0.324. The van der Waals surface area contributed by atoms with E-state index in [1.54, 1.807) is 35.0 Å². The van der Waals surface area contributed by atoms with Crippen molar-refractivity contribution < 1.29 is 4.39 Å². The van der Waals surface area contributed by atoms with Crippen LogP contribution in [0.15, 0.2) is 54.7 Å². The van der Waals surface area contributed by atoms with Crippen LogP contribution in [0.1, 0.15) is 5.56 Å². The molecular formula is C17H13Cl2FN4S. The lowest BCUT2D eigenvalue weighted by Gasteiger charge is -2.08. The van der Waals surface area contributed by atoms with Crippen molar-refractivity contribution in [3.05, 3.63) is 76.2 Å². The molecule has 0 fully saturated rings. The zero-order chi connectivity index (χ0) is 17.8. The van der Waals surface area contributed by atoms with Gasteiger partial charge in [0.15, 0.2) is 10.9 Å². The molecule has 0 unspecified atom stereocenters. The molecule has 25 heavy (non-hydrogen) atoms. The molecule has 3 rings (SSSR count). The van der Waals surface area contributed by atoms with Crippen LogP contribution in [0, 0.1) is 5.82 Å². The summed E-state index contributed by atoms with van der Waals surface area (Å²) in [6.45, 7) is 0.544. The Kier molecular flexibility index (Phi) is 5.53. The summed E-state index contributed by atoms with van der Waals surface area (Å²) >= 11 is 17.1. The van der Waals surface area contributed by atoms with Gasteiger partial charge in [-0.3, -0.25) is 4.68 Å². The van der Waals surface area contributed by atoms with Gasteiger partial charge in [0.25, 0.3) is 0 Å². The first-order valence-electron chi connectivity index (χ1n) is 7.30. The monoisotopic (exact) mass is 394 g/mol. The molecule has 0 bridgehead atoms. The predicted molar refractivity (Wildman–Crippen MR) is 104 cm³/mol. The van der Waals surface area contributed by atoms with E-state index in [-0.39, 0.29) is 5.82 Å². The molecule has 0 aliphatic heterocycles. The van der Waals surface area contributed by atoms with Crippen LogP contribution < -0.4 is 10.6 Å². The molecule has 128 valence electrons. The van der Waals surface area contributed by atoms with Crippen LogP contribution >= 0.6 is 35.4 Å². The summed E-state index contributed by atoms with van der Waals surface area (Å²) < 4.78 is 14.9. The largest absolute Gasteiger partial charge is 0.332 e. The highest BCUT2D eigenvalue weighted by Gasteiger charge is 2.05. The van der Waals surface area contributed by atoms with E-state index in [4.69, 9.17) is 35.4 Å². The summed E-state index contributed by atoms with van der Waals surface area (Å²) in [5.41, 5.74) is 1.54. The molecule has 0 aliphatic rings. The number of benzene rings is 2. The fourth-order valence-corrected chi connectivity index (χ4v) is 2.73. The standard InChI is InChI=1S/C17H13Cl2FN4S/c18-14-5-4-11(8-15(14)19)10-24-7-6-16(23-24)22-17(25)21-13-3-1-2-12(20)9-13/h1-9H,10H2,(H2,21,22,23,25). The van der Waals surface area contributed by atoms with E-state index in [1.807, 2.05) is 12.3 Å². The van der Waals surface area contributed by atoms with Crippen molar-refractivity contribution in [2.75, 3.05) is 10.6 Å². The molecular weight excluding hydrogens is 382 g/mol. The van der Waals surface area contributed by atoms with E-state index < -0.39 is 0 Å². The average Bonchev–Trinajstić information content (AvgIpc) is 2.98. The third kappa shape index (κ3) is 4.92. The van der Waals surface area contributed by atoms with E-state index in [9.17, 15) is 4.39 Å². The number of nitrogens with one attached hydrogen (secondary N) is 2. The van der Waals surface area contributed by atoms with Gasteiger partial charge in [0.05, 0.1) is 16.6 Å². The van der Waals surface area contributed by atoms with Gasteiger partial charge >= 0.3 is 0 Å². The summed E-state index contributed by atoms with van der Waals surface area (Å²) in [7, 11) is 0. The highest BCUT2D eigenvalue weighted by molar-refractivity contribution is 7.80. The Morgan fingerprint density at radius 3 is 2.68 bits per heavy atom. The van der Waals surface area contributed by atoms with Gasteiger partial charge in [0, 0.05) is 18.0 Å². The fraction of sp³-hybridized carbons (Fsp3) is 0.0588. The van der Waals surface area contributed by atoms with Crippen LogP contribution in [-0.2, 0) is 6.54 Å². The van der Waals surface area contributed by atoms with Crippen LogP contribution in [-0.4, -0.2) is 14.9 Å². The number of hydrogen-bond acceptors (Lipinski definition) is 2. The summed E-state index contributed by atoms with van der Waals surface area (Å²) in [4.78, 5) is 0. The Hall–Kier alpha value is -2.15. The lowest BCUT2D eigenvalue weighted by atomic mass is 10.2. The quantitative estimate of drug-likeness (QED) is 0.597. The van der Waals surface area contributed by atoms with Gasteiger partial charge in [0.2, 0.25) is 0 Å². The fourth-order valence-electron chi connectivity index (χ4n) is 2.19. The minimum Gasteiger partial charge on any atom is -0.332 e. The highest BCUT2D eigenvalue weighted by Crippen LogP contribution is 2.23. The number of anilines is 2. The van der Waals surface area contributed by atoms with Crippen LogP contribution in [0.2, 0.25) is 10.0 Å². The molecule has 0 radical (unpaired) electrons. The maximum atomic E-state index is 13.2. The number of nitrogens with zero attached hydrogens (tertiary/aromatic N) is 2. The second-order valence-corrected chi connectivity index (χ2v) is 6.46. The molecule has 0 saturated carbocycles. The number of thiocarbonyl (C=S) groups is 1. The summed E-state index contributed by atoms with van der Waals surface area (Å²) in [5, 5.41) is 11.6. The van der Waals surface area contributed by atoms with E-state index in [1.165, 1.54) is 12.1 Å². The van der Waals surface area contributed by atoms with Crippen LogP contribution in [0.4, 0.5) is 15.9 Å². The molecule has 0 saturated heterocycles. The zero-order valence-electron chi connectivity index (χ0n) is 12.8. The van der Waals surface area contributed by atoms with Gasteiger partial charge in [-0.25, -0.2) is 4.39 Å². The Morgan fingerprint density at radius 2 is 1.92 bits per heavy atom. The number of rotatable bonds is 4. The average molecular weight is 395 g/mol. The second-order valence-electron chi connectivity index (χ2n) is 5.24. The lowest BCUT2D eigenvalue weighted by Crippen LogP contribution is -2.19. The number of hydrogen-bond donors (Lipinski definition) is 2. The van der Waals surface area contributed by atoms with Gasteiger partial charge in [-0.2, -0.15) is 5.10 Å². The van der Waals surface area contributed by atoms with Crippen molar-refractivity contribution in [2.45, 2.75) is 6.54 Å². The van der Waals surface area contributed by atoms with E-state index in [2.05, 4.69) is 15.7 Å². The smallest absolute Gasteiger partial charge is 0.176 e. The molecule has 0 spiro atoms. The lowest BCUT2D eigenvalue weighted by molar-refractivity contribution is 0.628. The van der Waals surface area contributed by atoms with Crippen LogP contribution in [0.25, 0.3) is 0 Å². The van der Waals surface area contributed by atoms with Gasteiger partial charge in [-0.05, 0) is 48.1 Å². The minimum atomic E-state index is -0.335. The highest BCUT2D eigenvalue weighted by atomic mass is 35.5. The molecule has 4 nitrogen and oxygen atoms in total. The van der Waals surface area contributed by atoms with Crippen LogP contribution in [0.5, 0.6) is 0 Å². The normalized spacial score (nSPS) is 10.5. The van der Waals surface area contributed by atoms with Crippen molar-refractivity contribution in [1.29, 1.82) is 0 Å². The Balaban J connectivity index is 1.61. The first-order chi connectivity index (χ1) is 12.0. The SMILES string of the molecule is Fc1cccc(NC(=S)Nc2ccn(Cc3ccc(Cl)c(Cl)c3)n2)c1. The predicted octanol–water partition coefficient (Wildman–Crippen LogP) is 5.19. The first-order valence-corrected chi connectivity index (χ1v) is 8.47. The topological polar surface area (TPSA) is 41.9 Å². The van der Waals surface area contributed by atoms with Crippen molar-refractivity contribution >= 4 is 52.0 Å². The van der Waals surface area contributed by atoms with Gasteiger partial charge in [-0.1, -0.05) is 35.3 Å². The molecule has 1 aromatic heterocycles. The molecule has 1 heterocycles. The molecule has 8 heteroatoms. The number of aromatic nitrogens is 2. The summed E-state index contributed by atoms with van der Waals surface area (Å²) in [5.74, 6) is 0.243. The molecule has 2 N–H and O–H groups in total. The maximum absolute atomic E-state index is 13.2. The van der Waals surface area contributed by atoms with E-state index >= 15 is 0 Å². The van der Waals surface area contributed by atoms with Crippen molar-refractivity contribution in [2.24, 2.45) is 0 Å². The van der Waals surface area contributed by atoms with E-state index in [0.717, 1.165) is 5.56 Å². The third-order valence-corrected chi connectivity index (χ3v) is 4.24. The van der Waals surface area contributed by atoms with Crippen molar-refractivity contribution in [1.82, 2.24) is 9.78 Å². The Morgan fingerprint density at radius 1 is 1.08 bits per heavy atom. The molecule has 2 aromatic carbocycles.